The number of benzene rings is 2. The van der Waals surface area contributed by atoms with Crippen LogP contribution < -0.4 is 4.90 Å². The highest BCUT2D eigenvalue weighted by atomic mass is 15.2. The van der Waals surface area contributed by atoms with Crippen molar-refractivity contribution in [1.82, 2.24) is 0 Å². The molecule has 1 aliphatic rings. The summed E-state index contributed by atoms with van der Waals surface area (Å²) in [5.74, 6) is 0.604. The highest BCUT2D eigenvalue weighted by Gasteiger charge is 2.37. The maximum absolute atomic E-state index is 2.53. The first-order valence-electron chi connectivity index (χ1n) is 7.93. The molecule has 1 atom stereocenters. The van der Waals surface area contributed by atoms with Crippen LogP contribution in [0.4, 0.5) is 11.4 Å². The molecule has 1 aliphatic heterocycles. The Hall–Kier alpha value is -1.76. The molecular formula is C20H25N. The van der Waals surface area contributed by atoms with Gasteiger partial charge in [-0.05, 0) is 36.1 Å². The van der Waals surface area contributed by atoms with Gasteiger partial charge in [-0.3, -0.25) is 0 Å². The first-order chi connectivity index (χ1) is 9.94. The number of anilines is 2. The summed E-state index contributed by atoms with van der Waals surface area (Å²) in [5.41, 5.74) is 5.64. The van der Waals surface area contributed by atoms with Gasteiger partial charge >= 0.3 is 0 Å². The molecule has 0 N–H and O–H groups in total. The lowest BCUT2D eigenvalue weighted by atomic mass is 9.73. The standard InChI is InChI=1S/C20H25N/c1-14(2)15(3)21-18-12-8-6-10-16(18)20(4,5)17-11-7-9-13-19(17)21/h6-15H,1-5H3. The molecule has 1 heteroatoms. The van der Waals surface area contributed by atoms with E-state index < -0.39 is 0 Å². The van der Waals surface area contributed by atoms with Gasteiger partial charge in [-0.25, -0.2) is 0 Å². The molecule has 0 radical (unpaired) electrons. The summed E-state index contributed by atoms with van der Waals surface area (Å²) >= 11 is 0. The van der Waals surface area contributed by atoms with Crippen molar-refractivity contribution < 1.29 is 0 Å². The van der Waals surface area contributed by atoms with Gasteiger partial charge in [0.2, 0.25) is 0 Å². The van der Waals surface area contributed by atoms with Crippen molar-refractivity contribution in [2.45, 2.75) is 46.1 Å². The minimum atomic E-state index is 0.0559. The molecule has 110 valence electrons. The van der Waals surface area contributed by atoms with Gasteiger partial charge in [-0.1, -0.05) is 64.1 Å². The molecule has 0 saturated carbocycles. The SMILES string of the molecule is CC(C)C(C)N1c2ccccc2C(C)(C)c2ccccc21. The molecule has 0 amide bonds. The zero-order valence-electron chi connectivity index (χ0n) is 13.7. The number of hydrogen-bond donors (Lipinski definition) is 0. The van der Waals surface area contributed by atoms with Crippen molar-refractivity contribution in [1.29, 1.82) is 0 Å². The lowest BCUT2D eigenvalue weighted by molar-refractivity contribution is 0.504. The maximum atomic E-state index is 2.53. The van der Waals surface area contributed by atoms with Crippen LogP contribution >= 0.6 is 0 Å². The molecule has 1 nitrogen and oxygen atoms in total. The van der Waals surface area contributed by atoms with Crippen molar-refractivity contribution in [2.24, 2.45) is 5.92 Å². The van der Waals surface area contributed by atoms with Gasteiger partial charge in [0.1, 0.15) is 0 Å². The third-order valence-electron chi connectivity index (χ3n) is 5.05. The van der Waals surface area contributed by atoms with Gasteiger partial charge in [0.25, 0.3) is 0 Å². The molecule has 21 heavy (non-hydrogen) atoms. The highest BCUT2D eigenvalue weighted by Crippen LogP contribution is 2.49. The van der Waals surface area contributed by atoms with Gasteiger partial charge in [0.05, 0.1) is 0 Å². The van der Waals surface area contributed by atoms with E-state index in [0.717, 1.165) is 0 Å². The number of nitrogens with zero attached hydrogens (tertiary/aromatic N) is 1. The van der Waals surface area contributed by atoms with Crippen molar-refractivity contribution in [3.63, 3.8) is 0 Å². The quantitative estimate of drug-likeness (QED) is 0.700. The second-order valence-electron chi connectivity index (χ2n) is 7.01. The number of para-hydroxylation sites is 2. The van der Waals surface area contributed by atoms with E-state index in [1.165, 1.54) is 22.5 Å². The van der Waals surface area contributed by atoms with Crippen LogP contribution in [0.5, 0.6) is 0 Å². The Morgan fingerprint density at radius 3 is 1.62 bits per heavy atom. The maximum Gasteiger partial charge on any atom is 0.0454 e. The Kier molecular flexibility index (Phi) is 3.32. The third kappa shape index (κ3) is 2.07. The monoisotopic (exact) mass is 279 g/mol. The van der Waals surface area contributed by atoms with Crippen molar-refractivity contribution in [3.05, 3.63) is 59.7 Å². The van der Waals surface area contributed by atoms with Crippen molar-refractivity contribution >= 4 is 11.4 Å². The number of hydrogen-bond acceptors (Lipinski definition) is 1. The summed E-state index contributed by atoms with van der Waals surface area (Å²) in [5, 5.41) is 0. The molecule has 2 aromatic carbocycles. The minimum absolute atomic E-state index is 0.0559. The van der Waals surface area contributed by atoms with E-state index in [2.05, 4.69) is 88.0 Å². The molecule has 0 bridgehead atoms. The summed E-state index contributed by atoms with van der Waals surface area (Å²) in [6, 6.07) is 18.2. The van der Waals surface area contributed by atoms with Crippen molar-refractivity contribution in [3.8, 4) is 0 Å². The Morgan fingerprint density at radius 2 is 1.19 bits per heavy atom. The summed E-state index contributed by atoms with van der Waals surface area (Å²) < 4.78 is 0. The van der Waals surface area contributed by atoms with Crippen LogP contribution in [-0.4, -0.2) is 6.04 Å². The lowest BCUT2D eigenvalue weighted by Gasteiger charge is -2.45. The van der Waals surface area contributed by atoms with Gasteiger partial charge in [-0.2, -0.15) is 0 Å². The molecule has 0 aromatic heterocycles. The second-order valence-corrected chi connectivity index (χ2v) is 7.01. The summed E-state index contributed by atoms with van der Waals surface area (Å²) in [6.07, 6.45) is 0. The molecule has 3 rings (SSSR count). The fourth-order valence-electron chi connectivity index (χ4n) is 3.44. The molecule has 0 aliphatic carbocycles. The third-order valence-corrected chi connectivity index (χ3v) is 5.05. The normalized spacial score (nSPS) is 17.3. The predicted molar refractivity (Wildman–Crippen MR) is 91.5 cm³/mol. The first kappa shape index (κ1) is 14.2. The van der Waals surface area contributed by atoms with E-state index >= 15 is 0 Å². The minimum Gasteiger partial charge on any atom is -0.338 e. The number of fused-ring (bicyclic) bond motifs is 2. The fourth-order valence-corrected chi connectivity index (χ4v) is 3.44. The van der Waals surface area contributed by atoms with Crippen molar-refractivity contribution in [2.75, 3.05) is 4.90 Å². The molecule has 1 unspecified atom stereocenters. The average Bonchev–Trinajstić information content (AvgIpc) is 2.47. The molecule has 0 spiro atoms. The van der Waals surface area contributed by atoms with E-state index in [1.54, 1.807) is 0 Å². The highest BCUT2D eigenvalue weighted by molar-refractivity contribution is 5.78. The van der Waals surface area contributed by atoms with Crippen LogP contribution in [0.25, 0.3) is 0 Å². The summed E-state index contributed by atoms with van der Waals surface area (Å²) in [4.78, 5) is 2.53. The Bertz CT molecular complexity index is 605. The van der Waals surface area contributed by atoms with E-state index in [0.29, 0.717) is 12.0 Å². The predicted octanol–water partition coefficient (Wildman–Crippen LogP) is 5.51. The first-order valence-corrected chi connectivity index (χ1v) is 7.93. The lowest BCUT2D eigenvalue weighted by Crippen LogP contribution is -2.40. The van der Waals surface area contributed by atoms with E-state index in [-0.39, 0.29) is 5.41 Å². The van der Waals surface area contributed by atoms with Crippen LogP contribution in [0.15, 0.2) is 48.5 Å². The van der Waals surface area contributed by atoms with Crippen LogP contribution in [0.2, 0.25) is 0 Å². The van der Waals surface area contributed by atoms with Gasteiger partial charge in [-0.15, -0.1) is 0 Å². The second kappa shape index (κ2) is 4.91. The van der Waals surface area contributed by atoms with Gasteiger partial charge in [0.15, 0.2) is 0 Å². The average molecular weight is 279 g/mol. The van der Waals surface area contributed by atoms with Gasteiger partial charge in [0, 0.05) is 22.8 Å². The molecule has 0 saturated heterocycles. The number of rotatable bonds is 2. The fraction of sp³-hybridized carbons (Fsp3) is 0.400. The van der Waals surface area contributed by atoms with Crippen LogP contribution in [0.1, 0.15) is 45.7 Å². The van der Waals surface area contributed by atoms with Crippen LogP contribution in [0, 0.1) is 5.92 Å². The van der Waals surface area contributed by atoms with E-state index in [4.69, 9.17) is 0 Å². The van der Waals surface area contributed by atoms with Crippen LogP contribution in [-0.2, 0) is 5.41 Å². The molecule has 1 heterocycles. The Balaban J connectivity index is 2.29. The molecule has 2 aromatic rings. The van der Waals surface area contributed by atoms with Gasteiger partial charge < -0.3 is 4.90 Å². The Morgan fingerprint density at radius 1 is 0.762 bits per heavy atom. The van der Waals surface area contributed by atoms with Crippen LogP contribution in [0.3, 0.4) is 0 Å². The smallest absolute Gasteiger partial charge is 0.0454 e. The zero-order valence-corrected chi connectivity index (χ0v) is 13.7. The topological polar surface area (TPSA) is 3.24 Å². The largest absolute Gasteiger partial charge is 0.338 e. The molecule has 0 fully saturated rings. The molecular weight excluding hydrogens is 254 g/mol. The Labute approximate surface area is 128 Å². The summed E-state index contributed by atoms with van der Waals surface area (Å²) in [7, 11) is 0. The van der Waals surface area contributed by atoms with E-state index in [1.807, 2.05) is 0 Å². The zero-order chi connectivity index (χ0) is 15.2. The van der Waals surface area contributed by atoms with E-state index in [9.17, 15) is 0 Å². The summed E-state index contributed by atoms with van der Waals surface area (Å²) in [6.45, 7) is 11.6.